The van der Waals surface area contributed by atoms with Gasteiger partial charge in [0.05, 0.1) is 0 Å². The summed E-state index contributed by atoms with van der Waals surface area (Å²) in [5.41, 5.74) is 1.73. The molecule has 1 aliphatic heterocycles. The number of nitrogens with zero attached hydrogens (tertiary/aromatic N) is 3. The molecular formula is C18H18FN3O. The molecule has 0 atom stereocenters. The first-order valence-electron chi connectivity index (χ1n) is 7.70. The highest BCUT2D eigenvalue weighted by atomic mass is 19.1. The molecule has 0 N–H and O–H groups in total. The SMILES string of the molecule is O=C(CCN1CC=C(c2ncccn2)CC1)c1ccc(F)cc1. The zero-order valence-electron chi connectivity index (χ0n) is 12.8. The summed E-state index contributed by atoms with van der Waals surface area (Å²) in [7, 11) is 0. The van der Waals surface area contributed by atoms with E-state index in [0.717, 1.165) is 30.9 Å². The molecule has 0 bridgehead atoms. The Morgan fingerprint density at radius 1 is 1.17 bits per heavy atom. The van der Waals surface area contributed by atoms with Crippen LogP contribution in [0, 0.1) is 5.82 Å². The van der Waals surface area contributed by atoms with Gasteiger partial charge in [-0.1, -0.05) is 6.08 Å². The zero-order valence-corrected chi connectivity index (χ0v) is 12.8. The van der Waals surface area contributed by atoms with E-state index in [9.17, 15) is 9.18 Å². The molecule has 2 aromatic rings. The highest BCUT2D eigenvalue weighted by Crippen LogP contribution is 2.19. The molecule has 0 aliphatic carbocycles. The number of hydrogen-bond donors (Lipinski definition) is 0. The maximum atomic E-state index is 12.9. The van der Waals surface area contributed by atoms with Crippen LogP contribution >= 0.6 is 0 Å². The Morgan fingerprint density at radius 2 is 1.91 bits per heavy atom. The average Bonchev–Trinajstić information content (AvgIpc) is 2.61. The van der Waals surface area contributed by atoms with Gasteiger partial charge in [0.2, 0.25) is 0 Å². The van der Waals surface area contributed by atoms with Gasteiger partial charge in [-0.2, -0.15) is 0 Å². The topological polar surface area (TPSA) is 46.1 Å². The summed E-state index contributed by atoms with van der Waals surface area (Å²) in [4.78, 5) is 22.9. The number of ketones is 1. The Bertz CT molecular complexity index is 698. The lowest BCUT2D eigenvalue weighted by Gasteiger charge is -2.25. The number of carbonyl (C=O) groups excluding carboxylic acids is 1. The third kappa shape index (κ3) is 4.07. The quantitative estimate of drug-likeness (QED) is 0.796. The van der Waals surface area contributed by atoms with Crippen LogP contribution in [0.25, 0.3) is 5.57 Å². The molecule has 0 spiro atoms. The van der Waals surface area contributed by atoms with Crippen LogP contribution in [0.3, 0.4) is 0 Å². The van der Waals surface area contributed by atoms with Crippen LogP contribution in [0.4, 0.5) is 4.39 Å². The van der Waals surface area contributed by atoms with Crippen LogP contribution in [-0.4, -0.2) is 40.3 Å². The minimum Gasteiger partial charge on any atom is -0.299 e. The fraction of sp³-hybridized carbons (Fsp3) is 0.278. The Balaban J connectivity index is 1.52. The van der Waals surface area contributed by atoms with E-state index in [0.29, 0.717) is 18.5 Å². The first-order valence-corrected chi connectivity index (χ1v) is 7.70. The van der Waals surface area contributed by atoms with Crippen LogP contribution in [0.5, 0.6) is 0 Å². The summed E-state index contributed by atoms with van der Waals surface area (Å²) in [5, 5.41) is 0. The van der Waals surface area contributed by atoms with Crippen LogP contribution in [0.2, 0.25) is 0 Å². The molecule has 0 saturated heterocycles. The summed E-state index contributed by atoms with van der Waals surface area (Å²) in [6.07, 6.45) is 6.94. The highest BCUT2D eigenvalue weighted by Gasteiger charge is 2.15. The van der Waals surface area contributed by atoms with Crippen LogP contribution < -0.4 is 0 Å². The van der Waals surface area contributed by atoms with E-state index in [2.05, 4.69) is 20.9 Å². The summed E-state index contributed by atoms with van der Waals surface area (Å²) >= 11 is 0. The van der Waals surface area contributed by atoms with Gasteiger partial charge < -0.3 is 0 Å². The van der Waals surface area contributed by atoms with Crippen molar-refractivity contribution in [3.63, 3.8) is 0 Å². The molecule has 118 valence electrons. The van der Waals surface area contributed by atoms with Gasteiger partial charge in [0.1, 0.15) is 5.82 Å². The molecule has 0 fully saturated rings. The van der Waals surface area contributed by atoms with E-state index in [1.165, 1.54) is 12.1 Å². The number of aromatic nitrogens is 2. The summed E-state index contributed by atoms with van der Waals surface area (Å²) in [5.74, 6) is 0.513. The standard InChI is InChI=1S/C18H18FN3O/c19-16-4-2-14(3-5-16)17(23)8-13-22-11-6-15(7-12-22)18-20-9-1-10-21-18/h1-6,9-10H,7-8,11-13H2. The molecule has 0 amide bonds. The number of carbonyl (C=O) groups is 1. The van der Waals surface area contributed by atoms with Crippen molar-refractivity contribution >= 4 is 11.4 Å². The van der Waals surface area contributed by atoms with E-state index in [1.807, 2.05) is 0 Å². The third-order valence-corrected chi connectivity index (χ3v) is 3.97. The molecule has 1 aromatic carbocycles. The molecule has 0 unspecified atom stereocenters. The minimum absolute atomic E-state index is 0.0474. The van der Waals surface area contributed by atoms with E-state index in [1.54, 1.807) is 30.6 Å². The first kappa shape index (κ1) is 15.5. The Morgan fingerprint density at radius 3 is 2.57 bits per heavy atom. The highest BCUT2D eigenvalue weighted by molar-refractivity contribution is 5.96. The fourth-order valence-electron chi connectivity index (χ4n) is 2.62. The smallest absolute Gasteiger partial charge is 0.164 e. The molecule has 2 heterocycles. The summed E-state index contributed by atoms with van der Waals surface area (Å²) < 4.78 is 12.9. The molecule has 1 aromatic heterocycles. The number of halogens is 1. The maximum Gasteiger partial charge on any atom is 0.164 e. The van der Waals surface area contributed by atoms with Crippen molar-refractivity contribution in [2.75, 3.05) is 19.6 Å². The van der Waals surface area contributed by atoms with Crippen molar-refractivity contribution in [2.24, 2.45) is 0 Å². The van der Waals surface area contributed by atoms with Gasteiger partial charge in [0, 0.05) is 44.0 Å². The van der Waals surface area contributed by atoms with E-state index in [4.69, 9.17) is 0 Å². The van der Waals surface area contributed by atoms with Gasteiger partial charge >= 0.3 is 0 Å². The number of benzene rings is 1. The number of Topliss-reactive ketones (excluding diaryl/α,β-unsaturated/α-hetero) is 1. The van der Waals surface area contributed by atoms with Gasteiger partial charge in [-0.15, -0.1) is 0 Å². The van der Waals surface area contributed by atoms with E-state index in [-0.39, 0.29) is 11.6 Å². The van der Waals surface area contributed by atoms with Gasteiger partial charge in [-0.3, -0.25) is 9.69 Å². The largest absolute Gasteiger partial charge is 0.299 e. The molecule has 5 heteroatoms. The van der Waals surface area contributed by atoms with Crippen LogP contribution in [0.1, 0.15) is 29.0 Å². The third-order valence-electron chi connectivity index (χ3n) is 3.97. The fourth-order valence-corrected chi connectivity index (χ4v) is 2.62. The predicted octanol–water partition coefficient (Wildman–Crippen LogP) is 2.98. The second-order valence-electron chi connectivity index (χ2n) is 5.53. The first-order chi connectivity index (χ1) is 11.2. The van der Waals surface area contributed by atoms with Crippen molar-refractivity contribution in [3.8, 4) is 0 Å². The Kier molecular flexibility index (Phi) is 4.88. The Hall–Kier alpha value is -2.40. The van der Waals surface area contributed by atoms with Crippen LogP contribution in [0.15, 0.2) is 48.8 Å². The molecular weight excluding hydrogens is 293 g/mol. The average molecular weight is 311 g/mol. The minimum atomic E-state index is -0.321. The molecule has 4 nitrogen and oxygen atoms in total. The lowest BCUT2D eigenvalue weighted by atomic mass is 10.1. The summed E-state index contributed by atoms with van der Waals surface area (Å²) in [6.45, 7) is 2.39. The normalized spacial score (nSPS) is 15.3. The second-order valence-corrected chi connectivity index (χ2v) is 5.53. The zero-order chi connectivity index (χ0) is 16.1. The molecule has 0 radical (unpaired) electrons. The maximum absolute atomic E-state index is 12.9. The van der Waals surface area contributed by atoms with Crippen molar-refractivity contribution in [1.29, 1.82) is 0 Å². The van der Waals surface area contributed by atoms with Crippen LogP contribution in [-0.2, 0) is 0 Å². The monoisotopic (exact) mass is 311 g/mol. The molecule has 3 rings (SSSR count). The van der Waals surface area contributed by atoms with Gasteiger partial charge in [0.15, 0.2) is 11.6 Å². The molecule has 23 heavy (non-hydrogen) atoms. The van der Waals surface area contributed by atoms with Crippen molar-refractivity contribution in [2.45, 2.75) is 12.8 Å². The predicted molar refractivity (Wildman–Crippen MR) is 86.4 cm³/mol. The van der Waals surface area contributed by atoms with Crippen molar-refractivity contribution < 1.29 is 9.18 Å². The lowest BCUT2D eigenvalue weighted by molar-refractivity contribution is 0.0966. The lowest BCUT2D eigenvalue weighted by Crippen LogP contribution is -2.30. The van der Waals surface area contributed by atoms with Gasteiger partial charge in [0.25, 0.3) is 0 Å². The molecule has 1 aliphatic rings. The van der Waals surface area contributed by atoms with E-state index >= 15 is 0 Å². The number of rotatable bonds is 5. The van der Waals surface area contributed by atoms with E-state index < -0.39 is 0 Å². The van der Waals surface area contributed by atoms with Crippen molar-refractivity contribution in [3.05, 3.63) is 66.0 Å². The van der Waals surface area contributed by atoms with Crippen molar-refractivity contribution in [1.82, 2.24) is 14.9 Å². The molecule has 0 saturated carbocycles. The Labute approximate surface area is 134 Å². The number of hydrogen-bond acceptors (Lipinski definition) is 4. The second kappa shape index (κ2) is 7.24. The van der Waals surface area contributed by atoms with Gasteiger partial charge in [-0.25, -0.2) is 14.4 Å². The summed E-state index contributed by atoms with van der Waals surface area (Å²) in [6, 6.07) is 7.53. The van der Waals surface area contributed by atoms with Gasteiger partial charge in [-0.05, 0) is 42.3 Å².